The topological polar surface area (TPSA) is 106 Å². The highest BCUT2D eigenvalue weighted by molar-refractivity contribution is 7.25. The van der Waals surface area contributed by atoms with Gasteiger partial charge in [0.15, 0.2) is 0 Å². The van der Waals surface area contributed by atoms with Crippen LogP contribution in [-0.4, -0.2) is 20.1 Å². The van der Waals surface area contributed by atoms with Gasteiger partial charge >= 0.3 is 5.69 Å². The van der Waals surface area contributed by atoms with Crippen LogP contribution >= 0.6 is 11.3 Å². The van der Waals surface area contributed by atoms with Gasteiger partial charge in [0.1, 0.15) is 22.8 Å². The number of aromatic nitrogens is 2. The Morgan fingerprint density at radius 3 is 2.56 bits per heavy atom. The van der Waals surface area contributed by atoms with Crippen LogP contribution in [0.2, 0.25) is 0 Å². The predicted molar refractivity (Wildman–Crippen MR) is 122 cm³/mol. The van der Waals surface area contributed by atoms with Crippen LogP contribution in [0.3, 0.4) is 0 Å². The first kappa shape index (κ1) is 19.8. The summed E-state index contributed by atoms with van der Waals surface area (Å²) in [6.45, 7) is -0.376. The van der Waals surface area contributed by atoms with E-state index in [1.54, 1.807) is 30.3 Å². The summed E-state index contributed by atoms with van der Waals surface area (Å²) in [7, 11) is 0. The molecule has 3 heterocycles. The van der Waals surface area contributed by atoms with Gasteiger partial charge in [0.05, 0.1) is 24.0 Å². The lowest BCUT2D eigenvalue weighted by Crippen LogP contribution is -2.41. The number of para-hydroxylation sites is 2. The van der Waals surface area contributed by atoms with Crippen molar-refractivity contribution < 1.29 is 14.3 Å². The summed E-state index contributed by atoms with van der Waals surface area (Å²) < 4.78 is 8.91. The molecule has 0 saturated heterocycles. The summed E-state index contributed by atoms with van der Waals surface area (Å²) >= 11 is 1.28. The fourth-order valence-corrected chi connectivity index (χ4v) is 4.81. The second kappa shape index (κ2) is 7.86. The van der Waals surface area contributed by atoms with E-state index in [9.17, 15) is 19.5 Å². The highest BCUT2D eigenvalue weighted by Crippen LogP contribution is 2.31. The number of phenolic OH excluding ortho intramolecular Hbond substituents is 1. The number of amides is 1. The third-order valence-corrected chi connectivity index (χ3v) is 6.26. The largest absolute Gasteiger partial charge is 0.506 e. The van der Waals surface area contributed by atoms with E-state index in [-0.39, 0.29) is 24.5 Å². The number of anilines is 1. The van der Waals surface area contributed by atoms with Crippen LogP contribution in [0, 0.1) is 0 Å². The quantitative estimate of drug-likeness (QED) is 0.402. The molecule has 0 saturated carbocycles. The summed E-state index contributed by atoms with van der Waals surface area (Å²) in [6.07, 6.45) is 1.47. The van der Waals surface area contributed by atoms with Crippen molar-refractivity contribution >= 4 is 43.2 Å². The van der Waals surface area contributed by atoms with Crippen molar-refractivity contribution in [1.82, 2.24) is 9.13 Å². The summed E-state index contributed by atoms with van der Waals surface area (Å²) in [6, 6.07) is 17.0. The minimum absolute atomic E-state index is 0.0457. The third-order valence-electron chi connectivity index (χ3n) is 5.11. The van der Waals surface area contributed by atoms with E-state index in [1.165, 1.54) is 28.2 Å². The van der Waals surface area contributed by atoms with Crippen molar-refractivity contribution in [2.45, 2.75) is 13.1 Å². The molecule has 0 aliphatic carbocycles. The molecule has 0 fully saturated rings. The highest BCUT2D eigenvalue weighted by atomic mass is 32.1. The van der Waals surface area contributed by atoms with E-state index in [2.05, 4.69) is 5.32 Å². The smallest absolute Gasteiger partial charge is 0.332 e. The Balaban J connectivity index is 1.67. The number of thiophene rings is 1. The Morgan fingerprint density at radius 1 is 1.00 bits per heavy atom. The van der Waals surface area contributed by atoms with Gasteiger partial charge in [0, 0.05) is 10.1 Å². The second-order valence-electron chi connectivity index (χ2n) is 7.18. The van der Waals surface area contributed by atoms with Crippen LogP contribution in [0.4, 0.5) is 5.69 Å². The number of carbonyl (C=O) groups is 1. The van der Waals surface area contributed by atoms with Crippen LogP contribution in [-0.2, 0) is 17.9 Å². The zero-order chi connectivity index (χ0) is 22.2. The number of furan rings is 1. The van der Waals surface area contributed by atoms with Gasteiger partial charge in [-0.1, -0.05) is 30.3 Å². The van der Waals surface area contributed by atoms with Crippen LogP contribution in [0.1, 0.15) is 5.76 Å². The Labute approximate surface area is 184 Å². The molecule has 0 spiro atoms. The Kier molecular flexibility index (Phi) is 4.87. The SMILES string of the molecule is O=C(Cn1c(=O)n(Cc2ccco2)c(=O)c2sc3ccccc3c21)Nc1ccccc1O. The molecule has 5 aromatic rings. The van der Waals surface area contributed by atoms with Gasteiger partial charge in [0.2, 0.25) is 5.91 Å². The molecule has 3 aromatic heterocycles. The summed E-state index contributed by atoms with van der Waals surface area (Å²) in [5.74, 6) is -0.134. The Hall–Kier alpha value is -4.11. The van der Waals surface area contributed by atoms with E-state index in [1.807, 2.05) is 24.3 Å². The number of fused-ring (bicyclic) bond motifs is 3. The van der Waals surface area contributed by atoms with Crippen LogP contribution < -0.4 is 16.6 Å². The zero-order valence-corrected chi connectivity index (χ0v) is 17.5. The summed E-state index contributed by atoms with van der Waals surface area (Å²) in [4.78, 5) is 39.4. The van der Waals surface area contributed by atoms with Crippen LogP contribution in [0.15, 0.2) is 80.9 Å². The van der Waals surface area contributed by atoms with E-state index < -0.39 is 17.2 Å². The van der Waals surface area contributed by atoms with Gasteiger partial charge < -0.3 is 14.8 Å². The lowest BCUT2D eigenvalue weighted by molar-refractivity contribution is -0.116. The lowest BCUT2D eigenvalue weighted by atomic mass is 10.2. The Bertz CT molecular complexity index is 1580. The monoisotopic (exact) mass is 447 g/mol. The molecule has 0 radical (unpaired) electrons. The fraction of sp³-hybridized carbons (Fsp3) is 0.0870. The zero-order valence-electron chi connectivity index (χ0n) is 16.6. The standard InChI is InChI=1S/C23H17N3O5S/c27-17-9-3-2-8-16(17)24-19(28)13-25-20-15-7-1-4-10-18(15)32-21(20)22(29)26(23(25)30)12-14-6-5-11-31-14/h1-11,27H,12-13H2,(H,24,28). The maximum atomic E-state index is 13.4. The highest BCUT2D eigenvalue weighted by Gasteiger charge is 2.20. The molecule has 32 heavy (non-hydrogen) atoms. The minimum atomic E-state index is -0.616. The average molecular weight is 447 g/mol. The third kappa shape index (κ3) is 3.38. The molecule has 1 amide bonds. The number of phenols is 1. The van der Waals surface area contributed by atoms with E-state index in [4.69, 9.17) is 4.42 Å². The van der Waals surface area contributed by atoms with Crippen molar-refractivity contribution in [3.8, 4) is 5.75 Å². The van der Waals surface area contributed by atoms with Crippen molar-refractivity contribution in [1.29, 1.82) is 0 Å². The first-order valence-corrected chi connectivity index (χ1v) is 10.6. The van der Waals surface area contributed by atoms with Crippen molar-refractivity contribution in [2.75, 3.05) is 5.32 Å². The number of hydrogen-bond acceptors (Lipinski definition) is 6. The fourth-order valence-electron chi connectivity index (χ4n) is 3.65. The van der Waals surface area contributed by atoms with E-state index in [0.717, 1.165) is 14.7 Å². The Morgan fingerprint density at radius 2 is 1.78 bits per heavy atom. The molecule has 2 N–H and O–H groups in total. The molecule has 0 bridgehead atoms. The number of nitrogens with zero attached hydrogens (tertiary/aromatic N) is 2. The van der Waals surface area contributed by atoms with E-state index >= 15 is 0 Å². The number of nitrogens with one attached hydrogen (secondary N) is 1. The lowest BCUT2D eigenvalue weighted by Gasteiger charge is -2.13. The van der Waals surface area contributed by atoms with Gasteiger partial charge in [-0.25, -0.2) is 4.79 Å². The normalized spacial score (nSPS) is 11.2. The predicted octanol–water partition coefficient (Wildman–Crippen LogP) is 3.36. The van der Waals surface area contributed by atoms with Crippen LogP contribution in [0.5, 0.6) is 5.75 Å². The molecule has 0 aliphatic rings. The van der Waals surface area contributed by atoms with Gasteiger partial charge in [-0.05, 0) is 30.3 Å². The molecule has 5 rings (SSSR count). The first-order chi connectivity index (χ1) is 15.5. The molecular weight excluding hydrogens is 430 g/mol. The number of aromatic hydroxyl groups is 1. The van der Waals surface area contributed by atoms with Crippen molar-refractivity contribution in [3.05, 3.63) is 93.5 Å². The first-order valence-electron chi connectivity index (χ1n) is 9.78. The second-order valence-corrected chi connectivity index (χ2v) is 8.23. The number of benzene rings is 2. The van der Waals surface area contributed by atoms with Gasteiger partial charge in [-0.2, -0.15) is 0 Å². The van der Waals surface area contributed by atoms with Gasteiger partial charge in [-0.15, -0.1) is 11.3 Å². The molecular formula is C23H17N3O5S. The van der Waals surface area contributed by atoms with Crippen molar-refractivity contribution in [2.24, 2.45) is 0 Å². The number of hydrogen-bond donors (Lipinski definition) is 2. The van der Waals surface area contributed by atoms with Crippen molar-refractivity contribution in [3.63, 3.8) is 0 Å². The molecule has 9 heteroatoms. The minimum Gasteiger partial charge on any atom is -0.506 e. The number of rotatable bonds is 5. The molecule has 0 atom stereocenters. The molecule has 8 nitrogen and oxygen atoms in total. The maximum absolute atomic E-state index is 13.4. The molecule has 0 unspecified atom stereocenters. The average Bonchev–Trinajstić information content (AvgIpc) is 3.44. The molecule has 0 aliphatic heterocycles. The van der Waals surface area contributed by atoms with Gasteiger partial charge in [-0.3, -0.25) is 18.7 Å². The maximum Gasteiger partial charge on any atom is 0.332 e. The summed E-state index contributed by atoms with van der Waals surface area (Å²) in [5.41, 5.74) is -0.389. The molecule has 2 aromatic carbocycles. The van der Waals surface area contributed by atoms with Gasteiger partial charge in [0.25, 0.3) is 5.56 Å². The molecule has 160 valence electrons. The van der Waals surface area contributed by atoms with E-state index in [0.29, 0.717) is 16.0 Å². The number of carbonyl (C=O) groups excluding carboxylic acids is 1. The van der Waals surface area contributed by atoms with Crippen LogP contribution in [0.25, 0.3) is 20.3 Å². The summed E-state index contributed by atoms with van der Waals surface area (Å²) in [5, 5.41) is 13.3.